The summed E-state index contributed by atoms with van der Waals surface area (Å²) in [7, 11) is 1.58. The molecule has 0 bridgehead atoms. The second kappa shape index (κ2) is 11.7. The van der Waals surface area contributed by atoms with Gasteiger partial charge in [0.25, 0.3) is 5.56 Å². The first-order valence-corrected chi connectivity index (χ1v) is 14.5. The number of hydrogen-bond acceptors (Lipinski definition) is 8. The normalized spacial score (nSPS) is 14.9. The monoisotopic (exact) mass is 591 g/mol. The van der Waals surface area contributed by atoms with Crippen molar-refractivity contribution in [1.82, 2.24) is 14.1 Å². The van der Waals surface area contributed by atoms with E-state index >= 15 is 4.39 Å². The van der Waals surface area contributed by atoms with Crippen molar-refractivity contribution in [3.8, 4) is 22.2 Å². The van der Waals surface area contributed by atoms with E-state index in [4.69, 9.17) is 18.6 Å². The molecular weight excluding hydrogens is 561 g/mol. The number of oxazole rings is 1. The molecule has 1 aliphatic rings. The van der Waals surface area contributed by atoms with E-state index in [0.717, 1.165) is 10.1 Å². The zero-order valence-electron chi connectivity index (χ0n) is 23.5. The highest BCUT2D eigenvalue weighted by Crippen LogP contribution is 2.37. The zero-order valence-corrected chi connectivity index (χ0v) is 24.3. The number of aryl methyl sites for hydroxylation is 2. The molecule has 1 aliphatic heterocycles. The third-order valence-electron chi connectivity index (χ3n) is 7.54. The number of para-hydroxylation sites is 1. The van der Waals surface area contributed by atoms with Crippen LogP contribution in [0.3, 0.4) is 0 Å². The van der Waals surface area contributed by atoms with Gasteiger partial charge in [0.1, 0.15) is 28.8 Å². The van der Waals surface area contributed by atoms with Gasteiger partial charge in [0.05, 0.1) is 41.9 Å². The molecule has 5 aromatic rings. The van der Waals surface area contributed by atoms with Gasteiger partial charge in [-0.1, -0.05) is 24.3 Å². The first-order valence-electron chi connectivity index (χ1n) is 13.7. The number of ether oxygens (including phenoxy) is 3. The van der Waals surface area contributed by atoms with E-state index in [1.165, 1.54) is 40.5 Å². The summed E-state index contributed by atoms with van der Waals surface area (Å²) in [5.74, 6) is 0.270. The molecule has 0 radical (unpaired) electrons. The van der Waals surface area contributed by atoms with E-state index in [9.17, 15) is 9.59 Å². The molecule has 2 aromatic carbocycles. The molecule has 9 nitrogen and oxygen atoms in total. The van der Waals surface area contributed by atoms with Crippen molar-refractivity contribution in [3.05, 3.63) is 98.3 Å². The highest BCUT2D eigenvalue weighted by Gasteiger charge is 2.29. The Kier molecular flexibility index (Phi) is 7.80. The number of fused-ring (bicyclic) bond motifs is 1. The molecule has 11 heteroatoms. The lowest BCUT2D eigenvalue weighted by atomic mass is 10.1. The van der Waals surface area contributed by atoms with Crippen molar-refractivity contribution in [2.75, 3.05) is 20.3 Å². The number of halogens is 1. The second-order valence-electron chi connectivity index (χ2n) is 10.2. The molecule has 1 fully saturated rings. The number of benzene rings is 2. The Labute approximate surface area is 244 Å². The van der Waals surface area contributed by atoms with Gasteiger partial charge in [0.15, 0.2) is 0 Å². The molecule has 218 valence electrons. The maximum Gasteiger partial charge on any atom is 0.336 e. The van der Waals surface area contributed by atoms with E-state index in [1.807, 2.05) is 24.3 Å². The Morgan fingerprint density at radius 2 is 1.93 bits per heavy atom. The topological polar surface area (TPSA) is 97.7 Å². The molecule has 0 spiro atoms. The fraction of sp³-hybridized carbons (Fsp3) is 0.323. The van der Waals surface area contributed by atoms with Gasteiger partial charge in [-0.2, -0.15) is 0 Å². The number of hydrogen-bond donors (Lipinski definition) is 0. The van der Waals surface area contributed by atoms with Crippen molar-refractivity contribution in [2.24, 2.45) is 0 Å². The standard InChI is InChI=1S/C31H30FN3O6S/c1-18-8-9-22(32)23(16-18)35-29(36)26-19(2)27(28-33-12-15-40-28)42-30(26)34(31(35)37)17-25(41-20-10-13-39-14-11-20)21-6-4-5-7-24(21)38-3/h4-9,12,15-16,20,25H,10-11,13-14,17H2,1-3H3. The Balaban J connectivity index is 1.60. The summed E-state index contributed by atoms with van der Waals surface area (Å²) in [6, 6.07) is 11.8. The average molecular weight is 592 g/mol. The Morgan fingerprint density at radius 3 is 2.67 bits per heavy atom. The third kappa shape index (κ3) is 5.08. The maximum atomic E-state index is 15.2. The molecular formula is C31H30FN3O6S. The van der Waals surface area contributed by atoms with Crippen LogP contribution in [0.15, 0.2) is 68.9 Å². The molecule has 0 saturated carbocycles. The molecule has 1 unspecified atom stereocenters. The summed E-state index contributed by atoms with van der Waals surface area (Å²) >= 11 is 1.23. The van der Waals surface area contributed by atoms with Crippen LogP contribution in [0.25, 0.3) is 26.7 Å². The van der Waals surface area contributed by atoms with Crippen molar-refractivity contribution >= 4 is 21.6 Å². The Bertz CT molecular complexity index is 1850. The summed E-state index contributed by atoms with van der Waals surface area (Å²) < 4.78 is 41.1. The Morgan fingerprint density at radius 1 is 1.14 bits per heavy atom. The average Bonchev–Trinajstić information content (AvgIpc) is 3.65. The van der Waals surface area contributed by atoms with Crippen LogP contribution >= 0.6 is 11.3 Å². The molecule has 6 rings (SSSR count). The zero-order chi connectivity index (χ0) is 29.4. The van der Waals surface area contributed by atoms with Crippen LogP contribution in [0, 0.1) is 19.7 Å². The van der Waals surface area contributed by atoms with Crippen LogP contribution in [-0.4, -0.2) is 40.5 Å². The molecule has 0 amide bonds. The number of aromatic nitrogens is 3. The van der Waals surface area contributed by atoms with Gasteiger partial charge in [-0.25, -0.2) is 18.7 Å². The number of rotatable bonds is 8. The number of thiophene rings is 1. The van der Waals surface area contributed by atoms with E-state index < -0.39 is 23.2 Å². The minimum Gasteiger partial charge on any atom is -0.496 e. The van der Waals surface area contributed by atoms with Crippen LogP contribution in [0.4, 0.5) is 4.39 Å². The van der Waals surface area contributed by atoms with Gasteiger partial charge in [0, 0.05) is 18.8 Å². The first-order chi connectivity index (χ1) is 20.4. The molecule has 4 heterocycles. The smallest absolute Gasteiger partial charge is 0.336 e. The number of nitrogens with zero attached hydrogens (tertiary/aromatic N) is 3. The lowest BCUT2D eigenvalue weighted by Crippen LogP contribution is -2.40. The van der Waals surface area contributed by atoms with Gasteiger partial charge in [0.2, 0.25) is 5.89 Å². The summed E-state index contributed by atoms with van der Waals surface area (Å²) in [4.78, 5) is 33.6. The first kappa shape index (κ1) is 28.1. The van der Waals surface area contributed by atoms with E-state index in [2.05, 4.69) is 4.98 Å². The van der Waals surface area contributed by atoms with Gasteiger partial charge < -0.3 is 18.6 Å². The summed E-state index contributed by atoms with van der Waals surface area (Å²) in [5, 5.41) is 0.290. The predicted molar refractivity (Wildman–Crippen MR) is 157 cm³/mol. The van der Waals surface area contributed by atoms with Crippen LogP contribution < -0.4 is 16.0 Å². The Hall–Kier alpha value is -4.06. The van der Waals surface area contributed by atoms with Crippen molar-refractivity contribution in [2.45, 2.75) is 45.4 Å². The minimum atomic E-state index is -0.675. The molecule has 1 atom stereocenters. The lowest BCUT2D eigenvalue weighted by molar-refractivity contribution is -0.0752. The summed E-state index contributed by atoms with van der Waals surface area (Å²) in [6.45, 7) is 4.76. The van der Waals surface area contributed by atoms with Crippen LogP contribution in [0.5, 0.6) is 5.75 Å². The second-order valence-corrected chi connectivity index (χ2v) is 11.2. The van der Waals surface area contributed by atoms with E-state index in [-0.39, 0.29) is 18.3 Å². The van der Waals surface area contributed by atoms with Crippen molar-refractivity contribution in [3.63, 3.8) is 0 Å². The molecule has 0 aliphatic carbocycles. The van der Waals surface area contributed by atoms with Gasteiger partial charge in [-0.3, -0.25) is 9.36 Å². The largest absolute Gasteiger partial charge is 0.496 e. The maximum absolute atomic E-state index is 15.2. The van der Waals surface area contributed by atoms with E-state index in [0.29, 0.717) is 63.9 Å². The molecule has 0 N–H and O–H groups in total. The van der Waals surface area contributed by atoms with Gasteiger partial charge >= 0.3 is 5.69 Å². The van der Waals surface area contributed by atoms with Crippen LogP contribution in [0.1, 0.15) is 35.6 Å². The van der Waals surface area contributed by atoms with E-state index in [1.54, 1.807) is 27.0 Å². The van der Waals surface area contributed by atoms with Crippen LogP contribution in [-0.2, 0) is 16.0 Å². The van der Waals surface area contributed by atoms with Crippen molar-refractivity contribution in [1.29, 1.82) is 0 Å². The SMILES string of the molecule is COc1ccccc1C(Cn1c(=O)n(-c2cc(C)ccc2F)c(=O)c2c(C)c(-c3ncco3)sc21)OC1CCOCC1. The molecule has 42 heavy (non-hydrogen) atoms. The van der Waals surface area contributed by atoms with Gasteiger partial charge in [-0.15, -0.1) is 11.3 Å². The van der Waals surface area contributed by atoms with Crippen LogP contribution in [0.2, 0.25) is 0 Å². The highest BCUT2D eigenvalue weighted by molar-refractivity contribution is 7.22. The van der Waals surface area contributed by atoms with Gasteiger partial charge in [-0.05, 0) is 56.0 Å². The van der Waals surface area contributed by atoms with Crippen molar-refractivity contribution < 1.29 is 23.0 Å². The fourth-order valence-electron chi connectivity index (χ4n) is 5.41. The fourth-order valence-corrected chi connectivity index (χ4v) is 6.65. The summed E-state index contributed by atoms with van der Waals surface area (Å²) in [6.07, 6.45) is 3.66. The predicted octanol–water partition coefficient (Wildman–Crippen LogP) is 5.57. The molecule has 3 aromatic heterocycles. The third-order valence-corrected chi connectivity index (χ3v) is 8.84. The number of methoxy groups -OCH3 is 1. The lowest BCUT2D eigenvalue weighted by Gasteiger charge is -2.29. The minimum absolute atomic E-state index is 0.0474. The quantitative estimate of drug-likeness (QED) is 0.233. The molecule has 1 saturated heterocycles. The highest BCUT2D eigenvalue weighted by atomic mass is 32.1. The summed E-state index contributed by atoms with van der Waals surface area (Å²) in [5.41, 5.74) is 0.670.